The van der Waals surface area contributed by atoms with Gasteiger partial charge in [0.2, 0.25) is 6.41 Å². The van der Waals surface area contributed by atoms with Crippen molar-refractivity contribution in [3.05, 3.63) is 12.2 Å². The standard InChI is InChI=1S/C8H11NO3/c1-5-2-6(8(11)12)7(3-5)9-4-10/h4,6-7H,1-3H2,(H,9,10)(H,11,12). The first-order valence-corrected chi connectivity index (χ1v) is 3.74. The summed E-state index contributed by atoms with van der Waals surface area (Å²) in [5.74, 6) is -1.37. The monoisotopic (exact) mass is 169 g/mol. The second-order valence-electron chi connectivity index (χ2n) is 2.99. The smallest absolute Gasteiger partial charge is 0.308 e. The van der Waals surface area contributed by atoms with Crippen LogP contribution in [0.3, 0.4) is 0 Å². The molecular formula is C8H11NO3. The molecule has 1 amide bonds. The molecule has 2 N–H and O–H groups in total. The Morgan fingerprint density at radius 1 is 1.67 bits per heavy atom. The average Bonchev–Trinajstić information content (AvgIpc) is 2.32. The quantitative estimate of drug-likeness (QED) is 0.467. The number of hydrogen-bond donors (Lipinski definition) is 2. The third kappa shape index (κ3) is 1.64. The summed E-state index contributed by atoms with van der Waals surface area (Å²) < 4.78 is 0. The van der Waals surface area contributed by atoms with Crippen molar-refractivity contribution in [2.75, 3.05) is 0 Å². The van der Waals surface area contributed by atoms with Crippen LogP contribution < -0.4 is 5.32 Å². The molecule has 0 spiro atoms. The van der Waals surface area contributed by atoms with E-state index >= 15 is 0 Å². The lowest BCUT2D eigenvalue weighted by Gasteiger charge is -2.12. The van der Waals surface area contributed by atoms with Gasteiger partial charge in [-0.1, -0.05) is 12.2 Å². The molecule has 1 rings (SSSR count). The number of carbonyl (C=O) groups is 2. The van der Waals surface area contributed by atoms with Gasteiger partial charge in [-0.3, -0.25) is 9.59 Å². The van der Waals surface area contributed by atoms with Gasteiger partial charge in [0, 0.05) is 6.04 Å². The van der Waals surface area contributed by atoms with Gasteiger partial charge in [-0.2, -0.15) is 0 Å². The van der Waals surface area contributed by atoms with E-state index in [0.29, 0.717) is 19.3 Å². The van der Waals surface area contributed by atoms with Crippen molar-refractivity contribution in [3.8, 4) is 0 Å². The van der Waals surface area contributed by atoms with Crippen LogP contribution in [0.15, 0.2) is 12.2 Å². The number of carboxylic acids is 1. The number of rotatable bonds is 3. The van der Waals surface area contributed by atoms with Gasteiger partial charge in [0.15, 0.2) is 0 Å². The second-order valence-corrected chi connectivity index (χ2v) is 2.99. The van der Waals surface area contributed by atoms with Crippen molar-refractivity contribution < 1.29 is 14.7 Å². The van der Waals surface area contributed by atoms with Gasteiger partial charge in [-0.25, -0.2) is 0 Å². The van der Waals surface area contributed by atoms with Gasteiger partial charge >= 0.3 is 5.97 Å². The fraction of sp³-hybridized carbons (Fsp3) is 0.500. The Balaban J connectivity index is 2.64. The lowest BCUT2D eigenvalue weighted by atomic mass is 10.0. The van der Waals surface area contributed by atoms with Gasteiger partial charge < -0.3 is 10.4 Å². The number of carboxylic acid groups (broad SMARTS) is 1. The van der Waals surface area contributed by atoms with Crippen molar-refractivity contribution in [1.82, 2.24) is 5.32 Å². The Morgan fingerprint density at radius 2 is 2.33 bits per heavy atom. The van der Waals surface area contributed by atoms with Crippen LogP contribution in [0.25, 0.3) is 0 Å². The van der Waals surface area contributed by atoms with E-state index in [0.717, 1.165) is 5.57 Å². The topological polar surface area (TPSA) is 66.4 Å². The van der Waals surface area contributed by atoms with E-state index in [9.17, 15) is 9.59 Å². The predicted octanol–water partition coefficient (Wildman–Crippen LogP) is 0.152. The zero-order valence-corrected chi connectivity index (χ0v) is 6.62. The highest BCUT2D eigenvalue weighted by Gasteiger charge is 2.34. The van der Waals surface area contributed by atoms with Gasteiger partial charge in [0.05, 0.1) is 5.92 Å². The Morgan fingerprint density at radius 3 is 2.83 bits per heavy atom. The first-order chi connectivity index (χ1) is 5.65. The van der Waals surface area contributed by atoms with Gasteiger partial charge in [0.1, 0.15) is 0 Å². The number of carbonyl (C=O) groups excluding carboxylic acids is 1. The van der Waals surface area contributed by atoms with Crippen LogP contribution in [0.4, 0.5) is 0 Å². The van der Waals surface area contributed by atoms with E-state index in [1.165, 1.54) is 0 Å². The number of amides is 1. The van der Waals surface area contributed by atoms with E-state index < -0.39 is 11.9 Å². The summed E-state index contributed by atoms with van der Waals surface area (Å²) in [4.78, 5) is 20.7. The Kier molecular flexibility index (Phi) is 2.47. The molecule has 0 saturated heterocycles. The highest BCUT2D eigenvalue weighted by atomic mass is 16.4. The Labute approximate surface area is 70.3 Å². The van der Waals surface area contributed by atoms with Crippen molar-refractivity contribution in [3.63, 3.8) is 0 Å². The van der Waals surface area contributed by atoms with E-state index in [1.807, 2.05) is 0 Å². The van der Waals surface area contributed by atoms with Gasteiger partial charge in [-0.15, -0.1) is 0 Å². The highest BCUT2D eigenvalue weighted by molar-refractivity contribution is 5.73. The largest absolute Gasteiger partial charge is 0.481 e. The average molecular weight is 169 g/mol. The maximum absolute atomic E-state index is 10.6. The third-order valence-electron chi connectivity index (χ3n) is 2.10. The van der Waals surface area contributed by atoms with Crippen LogP contribution in [0.5, 0.6) is 0 Å². The fourth-order valence-corrected chi connectivity index (χ4v) is 1.51. The first-order valence-electron chi connectivity index (χ1n) is 3.74. The van der Waals surface area contributed by atoms with Crippen molar-refractivity contribution in [2.45, 2.75) is 18.9 Å². The summed E-state index contributed by atoms with van der Waals surface area (Å²) in [6.07, 6.45) is 1.59. The molecule has 1 aliphatic carbocycles. The summed E-state index contributed by atoms with van der Waals surface area (Å²) in [6, 6.07) is -0.271. The Bertz CT molecular complexity index is 224. The molecule has 1 saturated carbocycles. The molecule has 1 aliphatic rings. The molecule has 0 aliphatic heterocycles. The van der Waals surface area contributed by atoms with Gasteiger partial charge in [0.25, 0.3) is 0 Å². The minimum atomic E-state index is -0.868. The summed E-state index contributed by atoms with van der Waals surface area (Å²) in [5.41, 5.74) is 0.891. The summed E-state index contributed by atoms with van der Waals surface area (Å²) >= 11 is 0. The number of nitrogens with one attached hydrogen (secondary N) is 1. The minimum Gasteiger partial charge on any atom is -0.481 e. The molecule has 4 nitrogen and oxygen atoms in total. The maximum atomic E-state index is 10.6. The summed E-state index contributed by atoms with van der Waals surface area (Å²) in [6.45, 7) is 3.70. The molecule has 4 heteroatoms. The normalized spacial score (nSPS) is 28.5. The molecule has 0 aromatic heterocycles. The lowest BCUT2D eigenvalue weighted by molar-refractivity contribution is -0.142. The third-order valence-corrected chi connectivity index (χ3v) is 2.10. The minimum absolute atomic E-state index is 0.271. The zero-order chi connectivity index (χ0) is 9.14. The molecular weight excluding hydrogens is 158 g/mol. The van der Waals surface area contributed by atoms with E-state index in [1.54, 1.807) is 0 Å². The highest BCUT2D eigenvalue weighted by Crippen LogP contribution is 2.29. The molecule has 12 heavy (non-hydrogen) atoms. The second kappa shape index (κ2) is 3.38. The van der Waals surface area contributed by atoms with Crippen molar-refractivity contribution in [1.29, 1.82) is 0 Å². The van der Waals surface area contributed by atoms with E-state index in [-0.39, 0.29) is 6.04 Å². The fourth-order valence-electron chi connectivity index (χ4n) is 1.51. The molecule has 1 fully saturated rings. The maximum Gasteiger partial charge on any atom is 0.308 e. The van der Waals surface area contributed by atoms with E-state index in [4.69, 9.17) is 5.11 Å². The predicted molar refractivity (Wildman–Crippen MR) is 42.5 cm³/mol. The lowest BCUT2D eigenvalue weighted by Crippen LogP contribution is -2.35. The van der Waals surface area contributed by atoms with Crippen LogP contribution in [0.2, 0.25) is 0 Å². The van der Waals surface area contributed by atoms with Crippen LogP contribution in [-0.2, 0) is 9.59 Å². The van der Waals surface area contributed by atoms with Crippen LogP contribution >= 0.6 is 0 Å². The first kappa shape index (κ1) is 8.77. The van der Waals surface area contributed by atoms with Crippen LogP contribution in [0.1, 0.15) is 12.8 Å². The molecule has 2 atom stereocenters. The van der Waals surface area contributed by atoms with Crippen LogP contribution in [0, 0.1) is 5.92 Å². The molecule has 0 bridgehead atoms. The number of hydrogen-bond acceptors (Lipinski definition) is 2. The zero-order valence-electron chi connectivity index (χ0n) is 6.62. The van der Waals surface area contributed by atoms with Gasteiger partial charge in [-0.05, 0) is 12.8 Å². The summed E-state index contributed by atoms with van der Waals surface area (Å²) in [5, 5.41) is 11.2. The molecule has 0 radical (unpaired) electrons. The molecule has 66 valence electrons. The molecule has 0 aromatic rings. The molecule has 2 unspecified atom stereocenters. The summed E-state index contributed by atoms with van der Waals surface area (Å²) in [7, 11) is 0. The Hall–Kier alpha value is -1.32. The van der Waals surface area contributed by atoms with Crippen LogP contribution in [-0.4, -0.2) is 23.5 Å². The number of aliphatic carboxylic acids is 1. The van der Waals surface area contributed by atoms with E-state index in [2.05, 4.69) is 11.9 Å². The SMILES string of the molecule is C=C1CC(NC=O)C(C(=O)O)C1. The van der Waals surface area contributed by atoms with Crippen molar-refractivity contribution in [2.24, 2.45) is 5.92 Å². The van der Waals surface area contributed by atoms with Crippen molar-refractivity contribution >= 4 is 12.4 Å². The molecule has 0 heterocycles. The molecule has 0 aromatic carbocycles.